The number of para-hydroxylation sites is 2. The van der Waals surface area contributed by atoms with Crippen LogP contribution in [0, 0.1) is 0 Å². The number of aromatic amines is 1. The molecule has 0 saturated carbocycles. The SMILES string of the molecule is [2H]C([2H])([2H])OC(=O)Nc1nc2ccccc2[nH]1. The maximum Gasteiger partial charge on any atom is 0.413 e. The molecule has 0 aliphatic carbocycles. The van der Waals surface area contributed by atoms with Crippen LogP contribution in [0.4, 0.5) is 10.7 Å². The molecule has 0 fully saturated rings. The minimum atomic E-state index is -2.77. The Morgan fingerprint density at radius 1 is 1.64 bits per heavy atom. The number of hydrogen-bond donors (Lipinski definition) is 2. The highest BCUT2D eigenvalue weighted by Gasteiger charge is 2.04. The van der Waals surface area contributed by atoms with E-state index in [-0.39, 0.29) is 5.95 Å². The van der Waals surface area contributed by atoms with E-state index in [0.29, 0.717) is 5.52 Å². The number of carbonyl (C=O) groups excluding carboxylic acids is 1. The zero-order valence-corrected chi connectivity index (χ0v) is 7.07. The lowest BCUT2D eigenvalue weighted by molar-refractivity contribution is 0.186. The van der Waals surface area contributed by atoms with E-state index >= 15 is 0 Å². The summed E-state index contributed by atoms with van der Waals surface area (Å²) >= 11 is 0. The number of amides is 1. The molecule has 2 N–H and O–H groups in total. The first-order valence-corrected chi connectivity index (χ1v) is 3.89. The molecule has 0 spiro atoms. The summed E-state index contributed by atoms with van der Waals surface area (Å²) in [7, 11) is -2.77. The Kier molecular flexibility index (Phi) is 1.36. The first kappa shape index (κ1) is 5.64. The van der Waals surface area contributed by atoms with Gasteiger partial charge in [0, 0.05) is 0 Å². The van der Waals surface area contributed by atoms with Crippen molar-refractivity contribution in [3.63, 3.8) is 0 Å². The molecule has 1 amide bonds. The van der Waals surface area contributed by atoms with E-state index in [2.05, 4.69) is 20.0 Å². The van der Waals surface area contributed by atoms with Crippen molar-refractivity contribution in [1.29, 1.82) is 0 Å². The van der Waals surface area contributed by atoms with Gasteiger partial charge in [0.25, 0.3) is 0 Å². The summed E-state index contributed by atoms with van der Waals surface area (Å²) < 4.78 is 24.4. The highest BCUT2D eigenvalue weighted by Crippen LogP contribution is 2.12. The second-order valence-corrected chi connectivity index (χ2v) is 2.62. The number of H-pyrrole nitrogens is 1. The summed E-state index contributed by atoms with van der Waals surface area (Å²) in [6.45, 7) is 0. The molecule has 1 heterocycles. The van der Waals surface area contributed by atoms with Gasteiger partial charge in [-0.1, -0.05) is 12.1 Å². The van der Waals surface area contributed by atoms with Gasteiger partial charge in [0.1, 0.15) is 0 Å². The number of nitrogens with zero attached hydrogens (tertiary/aromatic N) is 1. The summed E-state index contributed by atoms with van der Waals surface area (Å²) in [5.74, 6) is 0.139. The zero-order chi connectivity index (χ0) is 12.5. The third-order valence-corrected chi connectivity index (χ3v) is 1.70. The Hall–Kier alpha value is -2.04. The number of imidazole rings is 1. The van der Waals surface area contributed by atoms with Gasteiger partial charge in [-0.15, -0.1) is 0 Å². The highest BCUT2D eigenvalue weighted by molar-refractivity contribution is 5.85. The van der Waals surface area contributed by atoms with Crippen LogP contribution < -0.4 is 5.32 Å². The van der Waals surface area contributed by atoms with Crippen molar-refractivity contribution in [1.82, 2.24) is 9.97 Å². The van der Waals surface area contributed by atoms with Crippen molar-refractivity contribution in [3.05, 3.63) is 24.3 Å². The Morgan fingerprint density at radius 3 is 3.29 bits per heavy atom. The Morgan fingerprint density at radius 2 is 2.50 bits per heavy atom. The molecule has 1 aromatic heterocycles. The van der Waals surface area contributed by atoms with Crippen molar-refractivity contribution in [2.75, 3.05) is 12.4 Å². The van der Waals surface area contributed by atoms with Crippen LogP contribution >= 0.6 is 0 Å². The average Bonchev–Trinajstić information content (AvgIpc) is 2.55. The third-order valence-electron chi connectivity index (χ3n) is 1.70. The van der Waals surface area contributed by atoms with Gasteiger partial charge in [-0.3, -0.25) is 5.32 Å². The summed E-state index contributed by atoms with van der Waals surface area (Å²) in [4.78, 5) is 18.0. The molecule has 1 aromatic carbocycles. The van der Waals surface area contributed by atoms with Gasteiger partial charge in [0.2, 0.25) is 5.95 Å². The fourth-order valence-corrected chi connectivity index (χ4v) is 1.13. The fourth-order valence-electron chi connectivity index (χ4n) is 1.13. The van der Waals surface area contributed by atoms with Crippen LogP contribution in [0.2, 0.25) is 0 Å². The summed E-state index contributed by atoms with van der Waals surface area (Å²) in [6, 6.07) is 7.15. The molecule has 14 heavy (non-hydrogen) atoms. The van der Waals surface area contributed by atoms with Crippen molar-refractivity contribution in [2.24, 2.45) is 0 Å². The quantitative estimate of drug-likeness (QED) is 0.726. The summed E-state index contributed by atoms with van der Waals surface area (Å²) in [6.07, 6.45) is -1.08. The first-order chi connectivity index (χ1) is 7.94. The number of rotatable bonds is 1. The number of fused-ring (bicyclic) bond motifs is 1. The zero-order valence-electron chi connectivity index (χ0n) is 10.1. The lowest BCUT2D eigenvalue weighted by atomic mass is 10.3. The number of hydrogen-bond acceptors (Lipinski definition) is 3. The molecule has 0 bridgehead atoms. The highest BCUT2D eigenvalue weighted by atomic mass is 16.5. The van der Waals surface area contributed by atoms with Crippen molar-refractivity contribution < 1.29 is 13.6 Å². The molecular formula is C9H9N3O2. The van der Waals surface area contributed by atoms with E-state index in [0.717, 1.165) is 5.52 Å². The van der Waals surface area contributed by atoms with Gasteiger partial charge in [-0.2, -0.15) is 0 Å². The summed E-state index contributed by atoms with van der Waals surface area (Å²) in [5.41, 5.74) is 1.40. The first-order valence-electron chi connectivity index (χ1n) is 5.39. The number of ether oxygens (including phenoxy) is 1. The molecular weight excluding hydrogens is 182 g/mol. The number of nitrogens with one attached hydrogen (secondary N) is 2. The van der Waals surface area contributed by atoms with Gasteiger partial charge in [0.05, 0.1) is 22.2 Å². The maximum atomic E-state index is 11.2. The van der Waals surface area contributed by atoms with E-state index < -0.39 is 13.1 Å². The molecule has 0 radical (unpaired) electrons. The second-order valence-electron chi connectivity index (χ2n) is 2.62. The topological polar surface area (TPSA) is 67.0 Å². The Labute approximate surface area is 84.3 Å². The smallest absolute Gasteiger partial charge is 0.413 e. The van der Waals surface area contributed by atoms with Crippen LogP contribution in [0.5, 0.6) is 0 Å². The molecule has 5 nitrogen and oxygen atoms in total. The largest absolute Gasteiger partial charge is 0.453 e. The molecule has 0 saturated heterocycles. The summed E-state index contributed by atoms with van der Waals surface area (Å²) in [5, 5.41) is 2.20. The third kappa shape index (κ3) is 1.52. The molecule has 0 aliphatic heterocycles. The Balaban J connectivity index is 2.11. The molecule has 0 unspecified atom stereocenters. The number of benzene rings is 1. The Bertz CT molecular complexity index is 517. The predicted molar refractivity (Wildman–Crippen MR) is 52.1 cm³/mol. The van der Waals surface area contributed by atoms with E-state index in [1.807, 2.05) is 6.07 Å². The van der Waals surface area contributed by atoms with E-state index in [9.17, 15) is 4.79 Å². The van der Waals surface area contributed by atoms with Crippen molar-refractivity contribution >= 4 is 23.1 Å². The van der Waals surface area contributed by atoms with Crippen LogP contribution in [0.15, 0.2) is 24.3 Å². The van der Waals surface area contributed by atoms with E-state index in [4.69, 9.17) is 4.11 Å². The predicted octanol–water partition coefficient (Wildman–Crippen LogP) is 1.74. The number of carbonyl (C=O) groups is 1. The standard InChI is InChI=1S/C9H9N3O2/c1-14-9(13)12-8-10-6-4-2-3-5-7(6)11-8/h2-5H,1H3,(H2,10,11,12,13)/i1D3. The normalized spacial score (nSPS) is 14.1. The molecule has 2 aromatic rings. The molecule has 0 atom stereocenters. The van der Waals surface area contributed by atoms with Crippen LogP contribution in [0.25, 0.3) is 11.0 Å². The van der Waals surface area contributed by atoms with E-state index in [1.54, 1.807) is 18.2 Å². The number of anilines is 1. The monoisotopic (exact) mass is 194 g/mol. The van der Waals surface area contributed by atoms with Gasteiger partial charge in [0.15, 0.2) is 0 Å². The maximum absolute atomic E-state index is 11.2. The van der Waals surface area contributed by atoms with Crippen molar-refractivity contribution in [3.8, 4) is 0 Å². The fraction of sp³-hybridized carbons (Fsp3) is 0.111. The molecule has 2 rings (SSSR count). The average molecular weight is 194 g/mol. The lowest BCUT2D eigenvalue weighted by Crippen LogP contribution is -2.11. The minimum absolute atomic E-state index is 0.139. The van der Waals surface area contributed by atoms with Crippen LogP contribution in [-0.2, 0) is 4.74 Å². The minimum Gasteiger partial charge on any atom is -0.453 e. The van der Waals surface area contributed by atoms with Crippen LogP contribution in [0.1, 0.15) is 4.11 Å². The second kappa shape index (κ2) is 3.37. The molecule has 72 valence electrons. The van der Waals surface area contributed by atoms with Crippen LogP contribution in [-0.4, -0.2) is 23.1 Å². The van der Waals surface area contributed by atoms with Crippen LogP contribution in [0.3, 0.4) is 0 Å². The van der Waals surface area contributed by atoms with Gasteiger partial charge >= 0.3 is 6.09 Å². The van der Waals surface area contributed by atoms with E-state index in [1.165, 1.54) is 0 Å². The lowest BCUT2D eigenvalue weighted by Gasteiger charge is -1.96. The molecule has 5 heteroatoms. The van der Waals surface area contributed by atoms with Gasteiger partial charge in [-0.05, 0) is 12.1 Å². The van der Waals surface area contributed by atoms with Gasteiger partial charge < -0.3 is 9.72 Å². The van der Waals surface area contributed by atoms with Gasteiger partial charge in [-0.25, -0.2) is 9.78 Å². The number of methoxy groups -OCH3 is 1. The van der Waals surface area contributed by atoms with Crippen molar-refractivity contribution in [2.45, 2.75) is 0 Å². The molecule has 0 aliphatic rings. The number of aromatic nitrogens is 2.